The van der Waals surface area contributed by atoms with E-state index in [1.54, 1.807) is 32.4 Å². The van der Waals surface area contributed by atoms with Crippen LogP contribution in [0.1, 0.15) is 30.4 Å². The molecule has 0 aromatic heterocycles. The molecule has 2 aromatic carbocycles. The first-order valence-corrected chi connectivity index (χ1v) is 12.0. The van der Waals surface area contributed by atoms with Crippen LogP contribution >= 0.6 is 11.6 Å². The molecular formula is C22H29ClN2O4S. The van der Waals surface area contributed by atoms with E-state index in [4.69, 9.17) is 21.1 Å². The normalized spacial score (nSPS) is 14.4. The van der Waals surface area contributed by atoms with Gasteiger partial charge in [0.1, 0.15) is 0 Å². The van der Waals surface area contributed by atoms with Gasteiger partial charge in [0, 0.05) is 24.7 Å². The largest absolute Gasteiger partial charge is 0.493 e. The Hall–Kier alpha value is -1.80. The minimum absolute atomic E-state index is 0.203. The lowest BCUT2D eigenvalue weighted by Crippen LogP contribution is -2.31. The number of sulfonamides is 1. The van der Waals surface area contributed by atoms with Gasteiger partial charge in [-0.25, -0.2) is 13.1 Å². The molecule has 0 amide bonds. The van der Waals surface area contributed by atoms with E-state index in [-0.39, 0.29) is 4.90 Å². The number of methoxy groups -OCH3 is 2. The molecule has 164 valence electrons. The molecule has 0 saturated heterocycles. The zero-order valence-corrected chi connectivity index (χ0v) is 19.1. The summed E-state index contributed by atoms with van der Waals surface area (Å²) in [4.78, 5) is 2.64. The quantitative estimate of drug-likeness (QED) is 0.554. The van der Waals surface area contributed by atoms with Gasteiger partial charge < -0.3 is 9.47 Å². The van der Waals surface area contributed by atoms with E-state index in [0.717, 1.165) is 56.8 Å². The molecule has 0 unspecified atom stereocenters. The van der Waals surface area contributed by atoms with E-state index in [9.17, 15) is 8.42 Å². The van der Waals surface area contributed by atoms with Crippen LogP contribution in [0.5, 0.6) is 11.5 Å². The fraction of sp³-hybridized carbons (Fsp3) is 0.455. The lowest BCUT2D eigenvalue weighted by molar-refractivity contribution is 0.247. The van der Waals surface area contributed by atoms with Gasteiger partial charge in [-0.3, -0.25) is 4.90 Å². The third-order valence-electron chi connectivity index (χ3n) is 5.35. The van der Waals surface area contributed by atoms with E-state index < -0.39 is 10.0 Å². The SMILES string of the molecule is COc1cc2c(cc1OC)CN(CCCCCNS(=O)(=O)c1cccc(Cl)c1)CC2. The van der Waals surface area contributed by atoms with Crippen molar-refractivity contribution in [1.29, 1.82) is 0 Å². The Morgan fingerprint density at radius 2 is 1.77 bits per heavy atom. The molecule has 1 aliphatic heterocycles. The molecule has 0 atom stereocenters. The van der Waals surface area contributed by atoms with Crippen LogP contribution in [0, 0.1) is 0 Å². The number of rotatable bonds is 10. The summed E-state index contributed by atoms with van der Waals surface area (Å²) in [6, 6.07) is 10.5. The first-order chi connectivity index (χ1) is 14.4. The zero-order valence-electron chi connectivity index (χ0n) is 17.5. The standard InChI is InChI=1S/C22H29ClN2O4S/c1-28-21-13-17-9-12-25(16-18(17)14-22(21)29-2)11-5-3-4-10-24-30(26,27)20-8-6-7-19(23)15-20/h6-8,13-15,24H,3-5,9-12,16H2,1-2H3. The van der Waals surface area contributed by atoms with Gasteiger partial charge in [0.25, 0.3) is 0 Å². The summed E-state index contributed by atoms with van der Waals surface area (Å²) in [6.45, 7) is 3.34. The second-order valence-corrected chi connectivity index (χ2v) is 9.62. The topological polar surface area (TPSA) is 67.9 Å². The summed E-state index contributed by atoms with van der Waals surface area (Å²) in [5.74, 6) is 1.55. The van der Waals surface area contributed by atoms with Crippen molar-refractivity contribution in [2.75, 3.05) is 33.9 Å². The van der Waals surface area contributed by atoms with E-state index in [1.165, 1.54) is 17.2 Å². The van der Waals surface area contributed by atoms with Crippen molar-refractivity contribution < 1.29 is 17.9 Å². The van der Waals surface area contributed by atoms with Crippen LogP contribution in [-0.4, -0.2) is 47.2 Å². The average Bonchev–Trinajstić information content (AvgIpc) is 2.75. The molecule has 6 nitrogen and oxygen atoms in total. The number of halogens is 1. The van der Waals surface area contributed by atoms with Gasteiger partial charge in [-0.1, -0.05) is 24.1 Å². The van der Waals surface area contributed by atoms with Gasteiger partial charge in [-0.05, 0) is 67.3 Å². The van der Waals surface area contributed by atoms with Crippen LogP contribution in [0.3, 0.4) is 0 Å². The highest BCUT2D eigenvalue weighted by molar-refractivity contribution is 7.89. The lowest BCUT2D eigenvalue weighted by atomic mass is 9.98. The number of hydrogen-bond donors (Lipinski definition) is 1. The maximum atomic E-state index is 12.3. The smallest absolute Gasteiger partial charge is 0.240 e. The molecule has 0 aliphatic carbocycles. The maximum Gasteiger partial charge on any atom is 0.240 e. The monoisotopic (exact) mass is 452 g/mol. The van der Waals surface area contributed by atoms with Crippen LogP contribution in [0.2, 0.25) is 5.02 Å². The Balaban J connectivity index is 1.40. The number of fused-ring (bicyclic) bond motifs is 1. The lowest BCUT2D eigenvalue weighted by Gasteiger charge is -2.29. The summed E-state index contributed by atoms with van der Waals surface area (Å²) in [5, 5.41) is 0.414. The molecule has 3 rings (SSSR count). The molecule has 0 spiro atoms. The Labute approximate surface area is 184 Å². The molecule has 1 heterocycles. The van der Waals surface area contributed by atoms with Gasteiger partial charge in [0.05, 0.1) is 19.1 Å². The molecule has 1 N–H and O–H groups in total. The second-order valence-electron chi connectivity index (χ2n) is 7.42. The molecule has 2 aromatic rings. The maximum absolute atomic E-state index is 12.3. The van der Waals surface area contributed by atoms with Crippen molar-refractivity contribution in [2.24, 2.45) is 0 Å². The van der Waals surface area contributed by atoms with Gasteiger partial charge in [-0.15, -0.1) is 0 Å². The van der Waals surface area contributed by atoms with Crippen LogP contribution in [0.25, 0.3) is 0 Å². The molecule has 1 aliphatic rings. The summed E-state index contributed by atoms with van der Waals surface area (Å²) in [5.41, 5.74) is 2.60. The van der Waals surface area contributed by atoms with Crippen molar-refractivity contribution in [3.05, 3.63) is 52.5 Å². The highest BCUT2D eigenvalue weighted by atomic mass is 35.5. The van der Waals surface area contributed by atoms with Crippen LogP contribution in [0.4, 0.5) is 0 Å². The average molecular weight is 453 g/mol. The highest BCUT2D eigenvalue weighted by Crippen LogP contribution is 2.33. The fourth-order valence-corrected chi connectivity index (χ4v) is 5.07. The summed E-state index contributed by atoms with van der Waals surface area (Å²) in [7, 11) is -0.184. The van der Waals surface area contributed by atoms with E-state index >= 15 is 0 Å². The molecule has 0 fully saturated rings. The molecule has 0 saturated carbocycles. The Morgan fingerprint density at radius 3 is 2.47 bits per heavy atom. The molecule has 0 radical (unpaired) electrons. The van der Waals surface area contributed by atoms with Crippen molar-refractivity contribution in [3.63, 3.8) is 0 Å². The Bertz CT molecular complexity index is 966. The Morgan fingerprint density at radius 1 is 1.03 bits per heavy atom. The van der Waals surface area contributed by atoms with Gasteiger partial charge in [-0.2, -0.15) is 0 Å². The van der Waals surface area contributed by atoms with Crippen molar-refractivity contribution >= 4 is 21.6 Å². The summed E-state index contributed by atoms with van der Waals surface area (Å²) >= 11 is 5.88. The predicted molar refractivity (Wildman–Crippen MR) is 119 cm³/mol. The molecular weight excluding hydrogens is 424 g/mol. The number of nitrogens with zero attached hydrogens (tertiary/aromatic N) is 1. The van der Waals surface area contributed by atoms with Gasteiger partial charge in [0.15, 0.2) is 11.5 Å². The summed E-state index contributed by atoms with van der Waals surface area (Å²) < 4.78 is 38.0. The summed E-state index contributed by atoms with van der Waals surface area (Å²) in [6.07, 6.45) is 3.79. The highest BCUT2D eigenvalue weighted by Gasteiger charge is 2.19. The number of nitrogens with one attached hydrogen (secondary N) is 1. The van der Waals surface area contributed by atoms with Crippen LogP contribution in [0.15, 0.2) is 41.3 Å². The van der Waals surface area contributed by atoms with Gasteiger partial charge >= 0.3 is 0 Å². The predicted octanol–water partition coefficient (Wildman–Crippen LogP) is 3.86. The third kappa shape index (κ3) is 5.88. The number of unbranched alkanes of at least 4 members (excludes halogenated alkanes) is 2. The van der Waals surface area contributed by atoms with Crippen LogP contribution in [-0.2, 0) is 23.0 Å². The molecule has 0 bridgehead atoms. The third-order valence-corrected chi connectivity index (χ3v) is 7.04. The second kappa shape index (κ2) is 10.5. The number of benzene rings is 2. The van der Waals surface area contributed by atoms with E-state index in [2.05, 4.69) is 21.8 Å². The van der Waals surface area contributed by atoms with Crippen molar-refractivity contribution in [2.45, 2.75) is 37.1 Å². The minimum Gasteiger partial charge on any atom is -0.493 e. The van der Waals surface area contributed by atoms with Gasteiger partial charge in [0.2, 0.25) is 10.0 Å². The van der Waals surface area contributed by atoms with Crippen molar-refractivity contribution in [1.82, 2.24) is 9.62 Å². The zero-order chi connectivity index (χ0) is 21.6. The van der Waals surface area contributed by atoms with Crippen molar-refractivity contribution in [3.8, 4) is 11.5 Å². The Kier molecular flexibility index (Phi) is 7.99. The minimum atomic E-state index is -3.50. The fourth-order valence-electron chi connectivity index (χ4n) is 3.69. The van der Waals surface area contributed by atoms with E-state index in [1.807, 2.05) is 0 Å². The number of ether oxygens (including phenoxy) is 2. The van der Waals surface area contributed by atoms with E-state index in [0.29, 0.717) is 11.6 Å². The first kappa shape index (κ1) is 22.9. The van der Waals surface area contributed by atoms with Crippen LogP contribution < -0.4 is 14.2 Å². The number of hydrogen-bond acceptors (Lipinski definition) is 5. The molecule has 8 heteroatoms. The molecule has 30 heavy (non-hydrogen) atoms. The first-order valence-electron chi connectivity index (χ1n) is 10.1.